The number of rotatable bonds is 7. The number of benzene rings is 1. The Balaban J connectivity index is 3.10. The predicted octanol–water partition coefficient (Wildman–Crippen LogP) is 2.67. The molecule has 0 fully saturated rings. The van der Waals surface area contributed by atoms with Gasteiger partial charge < -0.3 is 10.6 Å². The van der Waals surface area contributed by atoms with E-state index in [0.29, 0.717) is 24.8 Å². The summed E-state index contributed by atoms with van der Waals surface area (Å²) >= 11 is 11.6. The number of carbonyl (C=O) groups excluding carboxylic acids is 1. The van der Waals surface area contributed by atoms with Crippen molar-refractivity contribution in [3.05, 3.63) is 34.9 Å². The molecule has 21 heavy (non-hydrogen) atoms. The second kappa shape index (κ2) is 8.56. The molecule has 0 bridgehead atoms. The zero-order valence-electron chi connectivity index (χ0n) is 11.8. The van der Waals surface area contributed by atoms with Crippen LogP contribution < -0.4 is 10.6 Å². The molecule has 4 nitrogen and oxygen atoms in total. The van der Waals surface area contributed by atoms with Crippen LogP contribution in [-0.2, 0) is 4.79 Å². The molecule has 0 atom stereocenters. The van der Waals surface area contributed by atoms with Gasteiger partial charge in [-0.2, -0.15) is 5.26 Å². The molecule has 0 spiro atoms. The number of aryl methyl sites for hydroxylation is 1. The minimum atomic E-state index is -0.730. The SMILES string of the molecule is Cc1cc(N(CCCl)CCCl)ccc1/C=C(/C#N)C(N)=O. The van der Waals surface area contributed by atoms with E-state index in [2.05, 4.69) is 4.90 Å². The molecule has 0 aromatic heterocycles. The Hall–Kier alpha value is -1.70. The van der Waals surface area contributed by atoms with Gasteiger partial charge in [0.25, 0.3) is 5.91 Å². The standard InChI is InChI=1S/C15H17Cl2N3O/c1-11-8-14(20(6-4-16)7-5-17)3-2-12(11)9-13(10-18)15(19)21/h2-3,8-9H,4-7H2,1H3,(H2,19,21)/b13-9-. The van der Waals surface area contributed by atoms with Gasteiger partial charge in [0.15, 0.2) is 0 Å². The van der Waals surface area contributed by atoms with Crippen LogP contribution in [0.1, 0.15) is 11.1 Å². The van der Waals surface area contributed by atoms with Crippen molar-refractivity contribution in [2.45, 2.75) is 6.92 Å². The molecule has 0 radical (unpaired) electrons. The summed E-state index contributed by atoms with van der Waals surface area (Å²) in [5, 5.41) is 8.87. The molecule has 1 amide bonds. The lowest BCUT2D eigenvalue weighted by Crippen LogP contribution is -2.27. The lowest BCUT2D eigenvalue weighted by molar-refractivity contribution is -0.114. The number of anilines is 1. The first-order valence-electron chi connectivity index (χ1n) is 6.42. The Bertz CT molecular complexity index is 573. The third-order valence-corrected chi connectivity index (χ3v) is 3.35. The van der Waals surface area contributed by atoms with Crippen LogP contribution in [0.4, 0.5) is 5.69 Å². The van der Waals surface area contributed by atoms with Gasteiger partial charge >= 0.3 is 0 Å². The molecule has 112 valence electrons. The lowest BCUT2D eigenvalue weighted by atomic mass is 10.0. The van der Waals surface area contributed by atoms with Crippen LogP contribution in [0.3, 0.4) is 0 Å². The Kier molecular flexibility index (Phi) is 7.07. The zero-order chi connectivity index (χ0) is 15.8. The molecule has 0 aliphatic carbocycles. The number of amides is 1. The molecular weight excluding hydrogens is 309 g/mol. The fourth-order valence-corrected chi connectivity index (χ4v) is 2.31. The van der Waals surface area contributed by atoms with Gasteiger partial charge in [-0.15, -0.1) is 23.2 Å². The quantitative estimate of drug-likeness (QED) is 0.476. The van der Waals surface area contributed by atoms with Gasteiger partial charge in [-0.3, -0.25) is 4.79 Å². The Morgan fingerprint density at radius 3 is 2.43 bits per heavy atom. The molecule has 0 unspecified atom stereocenters. The van der Waals surface area contributed by atoms with Crippen LogP contribution in [0.2, 0.25) is 0 Å². The Morgan fingerprint density at radius 1 is 1.38 bits per heavy atom. The summed E-state index contributed by atoms with van der Waals surface area (Å²) < 4.78 is 0. The van der Waals surface area contributed by atoms with Crippen LogP contribution in [0.5, 0.6) is 0 Å². The number of primary amides is 1. The smallest absolute Gasteiger partial charge is 0.259 e. The molecular formula is C15H17Cl2N3O. The third-order valence-electron chi connectivity index (χ3n) is 3.01. The fraction of sp³-hybridized carbons (Fsp3) is 0.333. The number of nitrogens with zero attached hydrogens (tertiary/aromatic N) is 2. The minimum Gasteiger partial charge on any atom is -0.369 e. The average molecular weight is 326 g/mol. The molecule has 6 heteroatoms. The van der Waals surface area contributed by atoms with Crippen LogP contribution in [-0.4, -0.2) is 30.8 Å². The second-order valence-corrected chi connectivity index (χ2v) is 5.20. The molecule has 0 aliphatic rings. The van der Waals surface area contributed by atoms with Crippen LogP contribution >= 0.6 is 23.2 Å². The largest absolute Gasteiger partial charge is 0.369 e. The number of nitrogens with two attached hydrogens (primary N) is 1. The maximum Gasteiger partial charge on any atom is 0.259 e. The molecule has 1 aromatic carbocycles. The maximum absolute atomic E-state index is 11.1. The first-order valence-corrected chi connectivity index (χ1v) is 7.49. The predicted molar refractivity (Wildman–Crippen MR) is 87.6 cm³/mol. The Labute approximate surface area is 134 Å². The monoisotopic (exact) mass is 325 g/mol. The maximum atomic E-state index is 11.1. The molecule has 0 heterocycles. The van der Waals surface area contributed by atoms with E-state index in [1.165, 1.54) is 6.08 Å². The van der Waals surface area contributed by atoms with Gasteiger partial charge in [0.1, 0.15) is 11.6 Å². The van der Waals surface area contributed by atoms with Crippen molar-refractivity contribution in [1.29, 1.82) is 5.26 Å². The number of alkyl halides is 2. The fourth-order valence-electron chi connectivity index (χ4n) is 1.91. The van der Waals surface area contributed by atoms with Crippen molar-refractivity contribution in [2.75, 3.05) is 29.7 Å². The first kappa shape index (κ1) is 17.4. The molecule has 1 rings (SSSR count). The summed E-state index contributed by atoms with van der Waals surface area (Å²) in [5.74, 6) is 0.294. The zero-order valence-corrected chi connectivity index (χ0v) is 13.3. The van der Waals surface area contributed by atoms with Gasteiger partial charge in [-0.1, -0.05) is 6.07 Å². The van der Waals surface area contributed by atoms with Crippen molar-refractivity contribution in [2.24, 2.45) is 5.73 Å². The first-order chi connectivity index (χ1) is 10.0. The Morgan fingerprint density at radius 2 is 2.00 bits per heavy atom. The van der Waals surface area contributed by atoms with Crippen LogP contribution in [0.15, 0.2) is 23.8 Å². The van der Waals surface area contributed by atoms with Gasteiger partial charge in [0.05, 0.1) is 0 Å². The highest BCUT2D eigenvalue weighted by molar-refractivity contribution is 6.18. The highest BCUT2D eigenvalue weighted by Crippen LogP contribution is 2.21. The van der Waals surface area contributed by atoms with E-state index in [1.54, 1.807) is 6.07 Å². The number of nitriles is 1. The van der Waals surface area contributed by atoms with Crippen LogP contribution in [0.25, 0.3) is 6.08 Å². The summed E-state index contributed by atoms with van der Waals surface area (Å²) in [7, 11) is 0. The van der Waals surface area contributed by atoms with E-state index in [1.807, 2.05) is 25.1 Å². The summed E-state index contributed by atoms with van der Waals surface area (Å²) in [5.41, 5.74) is 7.80. The van der Waals surface area contributed by atoms with Gasteiger partial charge in [-0.25, -0.2) is 0 Å². The second-order valence-electron chi connectivity index (χ2n) is 4.44. The molecule has 2 N–H and O–H groups in total. The van der Waals surface area contributed by atoms with Crippen molar-refractivity contribution in [3.63, 3.8) is 0 Å². The lowest BCUT2D eigenvalue weighted by Gasteiger charge is -2.23. The van der Waals surface area contributed by atoms with Gasteiger partial charge in [-0.05, 0) is 36.3 Å². The molecule has 0 saturated carbocycles. The molecule has 0 aliphatic heterocycles. The van der Waals surface area contributed by atoms with E-state index in [4.69, 9.17) is 34.2 Å². The topological polar surface area (TPSA) is 70.1 Å². The van der Waals surface area contributed by atoms with Gasteiger partial charge in [0.2, 0.25) is 0 Å². The van der Waals surface area contributed by atoms with Gasteiger partial charge in [0, 0.05) is 30.5 Å². The summed E-state index contributed by atoms with van der Waals surface area (Å²) in [6.07, 6.45) is 1.49. The highest BCUT2D eigenvalue weighted by Gasteiger charge is 2.09. The van der Waals surface area contributed by atoms with Crippen molar-refractivity contribution < 1.29 is 4.79 Å². The average Bonchev–Trinajstić information content (AvgIpc) is 2.45. The number of carbonyl (C=O) groups is 1. The van der Waals surface area contributed by atoms with Crippen LogP contribution in [0, 0.1) is 18.3 Å². The van der Waals surface area contributed by atoms with E-state index < -0.39 is 5.91 Å². The number of hydrogen-bond acceptors (Lipinski definition) is 3. The van der Waals surface area contributed by atoms with Crippen molar-refractivity contribution >= 4 is 40.9 Å². The summed E-state index contributed by atoms with van der Waals surface area (Å²) in [4.78, 5) is 13.2. The van der Waals surface area contributed by atoms with Crippen molar-refractivity contribution in [3.8, 4) is 6.07 Å². The van der Waals surface area contributed by atoms with E-state index in [9.17, 15) is 4.79 Å². The molecule has 0 saturated heterocycles. The normalized spacial score (nSPS) is 11.0. The van der Waals surface area contributed by atoms with E-state index in [-0.39, 0.29) is 5.57 Å². The summed E-state index contributed by atoms with van der Waals surface area (Å²) in [6, 6.07) is 7.53. The van der Waals surface area contributed by atoms with E-state index >= 15 is 0 Å². The number of halogens is 2. The third kappa shape index (κ3) is 4.96. The minimum absolute atomic E-state index is 0.0655. The van der Waals surface area contributed by atoms with E-state index in [0.717, 1.165) is 16.8 Å². The summed E-state index contributed by atoms with van der Waals surface area (Å²) in [6.45, 7) is 3.31. The van der Waals surface area contributed by atoms with Crippen molar-refractivity contribution in [1.82, 2.24) is 0 Å². The highest BCUT2D eigenvalue weighted by atomic mass is 35.5. The molecule has 1 aromatic rings. The number of hydrogen-bond donors (Lipinski definition) is 1.